The molecule has 1 aliphatic rings. The number of nitrogens with one attached hydrogen (secondary N) is 1. The van der Waals surface area contributed by atoms with E-state index in [-0.39, 0.29) is 5.91 Å². The number of nitrogens with zero attached hydrogens (tertiary/aromatic N) is 2. The van der Waals surface area contributed by atoms with Gasteiger partial charge in [-0.15, -0.1) is 0 Å². The molecule has 0 unspecified atom stereocenters. The van der Waals surface area contributed by atoms with Gasteiger partial charge in [-0.1, -0.05) is 54.6 Å². The number of morpholine rings is 1. The van der Waals surface area contributed by atoms with Gasteiger partial charge in [0.2, 0.25) is 5.91 Å². The molecule has 1 N–H and O–H groups in total. The van der Waals surface area contributed by atoms with E-state index in [0.29, 0.717) is 13.1 Å². The van der Waals surface area contributed by atoms with E-state index in [1.807, 2.05) is 36.2 Å². The lowest BCUT2D eigenvalue weighted by Gasteiger charge is -2.27. The van der Waals surface area contributed by atoms with Crippen LogP contribution in [0.1, 0.15) is 16.7 Å². The molecule has 5 heteroatoms. The van der Waals surface area contributed by atoms with Gasteiger partial charge in [0.25, 0.3) is 0 Å². The molecule has 3 rings (SSSR count). The minimum absolute atomic E-state index is 0.0506. The number of hydrogen-bond donors (Lipinski definition) is 1. The summed E-state index contributed by atoms with van der Waals surface area (Å²) in [7, 11) is 1.97. The Morgan fingerprint density at radius 1 is 1.04 bits per heavy atom. The summed E-state index contributed by atoms with van der Waals surface area (Å²) >= 11 is 0. The van der Waals surface area contributed by atoms with E-state index in [0.717, 1.165) is 39.4 Å². The summed E-state index contributed by atoms with van der Waals surface area (Å²) in [5, 5.41) is 3.07. The Labute approximate surface area is 161 Å². The maximum absolute atomic E-state index is 12.3. The number of likely N-dealkylation sites (N-methyl/N-ethyl adjacent to an activating group) is 1. The Balaban J connectivity index is 1.48. The number of carbonyl (C=O) groups is 1. The van der Waals surface area contributed by atoms with Crippen molar-refractivity contribution in [1.82, 2.24) is 15.1 Å². The van der Waals surface area contributed by atoms with Crippen LogP contribution in [-0.4, -0.2) is 55.6 Å². The summed E-state index contributed by atoms with van der Waals surface area (Å²) in [6.07, 6.45) is 0. The van der Waals surface area contributed by atoms with Crippen molar-refractivity contribution in [2.75, 3.05) is 39.9 Å². The van der Waals surface area contributed by atoms with Crippen LogP contribution in [0.3, 0.4) is 0 Å². The van der Waals surface area contributed by atoms with Crippen LogP contribution in [0.25, 0.3) is 0 Å². The van der Waals surface area contributed by atoms with E-state index in [1.54, 1.807) is 0 Å². The molecule has 2 aromatic carbocycles. The van der Waals surface area contributed by atoms with E-state index < -0.39 is 0 Å². The lowest BCUT2D eigenvalue weighted by Crippen LogP contribution is -2.36. The molecule has 0 radical (unpaired) electrons. The van der Waals surface area contributed by atoms with Crippen molar-refractivity contribution in [2.45, 2.75) is 19.6 Å². The van der Waals surface area contributed by atoms with Gasteiger partial charge < -0.3 is 10.1 Å². The van der Waals surface area contributed by atoms with Crippen LogP contribution in [-0.2, 0) is 29.2 Å². The zero-order valence-corrected chi connectivity index (χ0v) is 16.1. The van der Waals surface area contributed by atoms with E-state index in [1.165, 1.54) is 16.7 Å². The second kappa shape index (κ2) is 10.2. The lowest BCUT2D eigenvalue weighted by molar-refractivity contribution is -0.122. The van der Waals surface area contributed by atoms with Gasteiger partial charge in [-0.25, -0.2) is 0 Å². The number of amides is 1. The summed E-state index contributed by atoms with van der Waals surface area (Å²) < 4.78 is 5.42. The predicted molar refractivity (Wildman–Crippen MR) is 107 cm³/mol. The highest BCUT2D eigenvalue weighted by Gasteiger charge is 2.13. The molecule has 144 valence electrons. The normalized spacial score (nSPS) is 15.0. The zero-order chi connectivity index (χ0) is 18.9. The fraction of sp³-hybridized carbons (Fsp3) is 0.409. The highest BCUT2D eigenvalue weighted by Crippen LogP contribution is 2.13. The highest BCUT2D eigenvalue weighted by atomic mass is 16.5. The van der Waals surface area contributed by atoms with Crippen molar-refractivity contribution in [3.8, 4) is 0 Å². The first-order chi connectivity index (χ1) is 13.2. The summed E-state index contributed by atoms with van der Waals surface area (Å²) in [6.45, 7) is 6.15. The first-order valence-corrected chi connectivity index (χ1v) is 9.57. The molecular weight excluding hydrogens is 338 g/mol. The fourth-order valence-corrected chi connectivity index (χ4v) is 3.33. The second-order valence-electron chi connectivity index (χ2n) is 7.09. The van der Waals surface area contributed by atoms with Crippen molar-refractivity contribution < 1.29 is 9.53 Å². The second-order valence-corrected chi connectivity index (χ2v) is 7.09. The predicted octanol–water partition coefficient (Wildman–Crippen LogP) is 2.27. The Morgan fingerprint density at radius 3 is 2.44 bits per heavy atom. The molecular formula is C22H29N3O2. The van der Waals surface area contributed by atoms with Crippen LogP contribution in [0.2, 0.25) is 0 Å². The first kappa shape index (κ1) is 19.5. The summed E-state index contributed by atoms with van der Waals surface area (Å²) in [6, 6.07) is 18.6. The standard InChI is InChI=1S/C22H29N3O2/c1-24(16-19-7-3-2-4-8-19)18-22(26)23-15-20-9-5-6-10-21(20)17-25-11-13-27-14-12-25/h2-10H,11-18H2,1H3,(H,23,26). The van der Waals surface area contributed by atoms with Crippen molar-refractivity contribution in [1.29, 1.82) is 0 Å². The molecule has 1 amide bonds. The van der Waals surface area contributed by atoms with Crippen molar-refractivity contribution in [2.24, 2.45) is 0 Å². The first-order valence-electron chi connectivity index (χ1n) is 9.57. The molecule has 0 atom stereocenters. The summed E-state index contributed by atoms with van der Waals surface area (Å²) in [4.78, 5) is 16.8. The van der Waals surface area contributed by atoms with Gasteiger partial charge in [0.1, 0.15) is 0 Å². The van der Waals surface area contributed by atoms with E-state index in [2.05, 4.69) is 40.5 Å². The van der Waals surface area contributed by atoms with Gasteiger partial charge in [-0.2, -0.15) is 0 Å². The SMILES string of the molecule is CN(CC(=O)NCc1ccccc1CN1CCOCC1)Cc1ccccc1. The molecule has 0 saturated carbocycles. The van der Waals surface area contributed by atoms with Gasteiger partial charge in [0, 0.05) is 32.7 Å². The summed E-state index contributed by atoms with van der Waals surface area (Å²) in [5.74, 6) is 0.0506. The Hall–Kier alpha value is -2.21. The van der Waals surface area contributed by atoms with Crippen LogP contribution in [0.5, 0.6) is 0 Å². The van der Waals surface area contributed by atoms with Crippen LogP contribution < -0.4 is 5.32 Å². The Morgan fingerprint density at radius 2 is 1.70 bits per heavy atom. The third kappa shape index (κ3) is 6.47. The molecule has 0 aliphatic carbocycles. The van der Waals surface area contributed by atoms with Crippen LogP contribution in [0, 0.1) is 0 Å². The molecule has 0 aromatic heterocycles. The minimum Gasteiger partial charge on any atom is -0.379 e. The van der Waals surface area contributed by atoms with Crippen molar-refractivity contribution in [3.63, 3.8) is 0 Å². The Bertz CT molecular complexity index is 715. The molecule has 0 bridgehead atoms. The maximum atomic E-state index is 12.3. The third-order valence-electron chi connectivity index (χ3n) is 4.80. The molecule has 1 aliphatic heterocycles. The number of benzene rings is 2. The molecule has 2 aromatic rings. The maximum Gasteiger partial charge on any atom is 0.234 e. The summed E-state index contributed by atoms with van der Waals surface area (Å²) in [5.41, 5.74) is 3.67. The minimum atomic E-state index is 0.0506. The highest BCUT2D eigenvalue weighted by molar-refractivity contribution is 5.78. The van der Waals surface area contributed by atoms with E-state index in [9.17, 15) is 4.79 Å². The molecule has 5 nitrogen and oxygen atoms in total. The van der Waals surface area contributed by atoms with Crippen LogP contribution >= 0.6 is 0 Å². The lowest BCUT2D eigenvalue weighted by atomic mass is 10.1. The number of carbonyl (C=O) groups excluding carboxylic acids is 1. The van der Waals surface area contributed by atoms with Crippen LogP contribution in [0.15, 0.2) is 54.6 Å². The van der Waals surface area contributed by atoms with Crippen LogP contribution in [0.4, 0.5) is 0 Å². The quantitative estimate of drug-likeness (QED) is 0.777. The van der Waals surface area contributed by atoms with Crippen molar-refractivity contribution in [3.05, 3.63) is 71.3 Å². The third-order valence-corrected chi connectivity index (χ3v) is 4.80. The number of ether oxygens (including phenoxy) is 1. The Kier molecular flexibility index (Phi) is 7.39. The monoisotopic (exact) mass is 367 g/mol. The van der Waals surface area contributed by atoms with E-state index in [4.69, 9.17) is 4.74 Å². The van der Waals surface area contributed by atoms with Gasteiger partial charge >= 0.3 is 0 Å². The molecule has 1 heterocycles. The van der Waals surface area contributed by atoms with Gasteiger partial charge in [0.05, 0.1) is 19.8 Å². The molecule has 0 spiro atoms. The van der Waals surface area contributed by atoms with E-state index >= 15 is 0 Å². The molecule has 27 heavy (non-hydrogen) atoms. The van der Waals surface area contributed by atoms with Crippen molar-refractivity contribution >= 4 is 5.91 Å². The topological polar surface area (TPSA) is 44.8 Å². The molecule has 1 fully saturated rings. The zero-order valence-electron chi connectivity index (χ0n) is 16.1. The average molecular weight is 367 g/mol. The average Bonchev–Trinajstić information content (AvgIpc) is 2.69. The largest absolute Gasteiger partial charge is 0.379 e. The number of hydrogen-bond acceptors (Lipinski definition) is 4. The fourth-order valence-electron chi connectivity index (χ4n) is 3.33. The van der Waals surface area contributed by atoms with Gasteiger partial charge in [0.15, 0.2) is 0 Å². The van der Waals surface area contributed by atoms with Gasteiger partial charge in [-0.3, -0.25) is 14.6 Å². The van der Waals surface area contributed by atoms with Gasteiger partial charge in [-0.05, 0) is 23.7 Å². The smallest absolute Gasteiger partial charge is 0.234 e. The molecule has 1 saturated heterocycles. The number of rotatable bonds is 8.